The lowest BCUT2D eigenvalue weighted by Crippen LogP contribution is -2.42. The summed E-state index contributed by atoms with van der Waals surface area (Å²) in [5.41, 5.74) is 0. The second kappa shape index (κ2) is 7.02. The van der Waals surface area contributed by atoms with E-state index in [1.807, 2.05) is 17.5 Å². The van der Waals surface area contributed by atoms with Crippen molar-refractivity contribution in [3.8, 4) is 10.7 Å². The zero-order valence-electron chi connectivity index (χ0n) is 13.3. The van der Waals surface area contributed by atoms with Gasteiger partial charge in [-0.25, -0.2) is 8.42 Å². The van der Waals surface area contributed by atoms with Crippen LogP contribution >= 0.6 is 11.3 Å². The van der Waals surface area contributed by atoms with Gasteiger partial charge in [-0.15, -0.1) is 11.3 Å². The zero-order chi connectivity index (χ0) is 17.2. The van der Waals surface area contributed by atoms with Crippen LogP contribution in [-0.4, -0.2) is 48.2 Å². The van der Waals surface area contributed by atoms with Crippen molar-refractivity contribution < 1.29 is 17.7 Å². The van der Waals surface area contributed by atoms with Crippen molar-refractivity contribution in [3.63, 3.8) is 0 Å². The van der Waals surface area contributed by atoms with Crippen molar-refractivity contribution in [2.45, 2.75) is 25.5 Å². The third-order valence-corrected chi connectivity index (χ3v) is 6.15. The van der Waals surface area contributed by atoms with E-state index in [1.54, 1.807) is 4.90 Å². The fourth-order valence-electron chi connectivity index (χ4n) is 2.75. The number of hydrogen-bond donors (Lipinski definition) is 0. The first-order valence-corrected chi connectivity index (χ1v) is 10.5. The van der Waals surface area contributed by atoms with Gasteiger partial charge in [-0.05, 0) is 30.2 Å². The van der Waals surface area contributed by atoms with Crippen LogP contribution in [0.2, 0.25) is 0 Å². The number of thiophene rings is 1. The van der Waals surface area contributed by atoms with Gasteiger partial charge in [0.15, 0.2) is 9.84 Å². The molecule has 0 N–H and O–H groups in total. The van der Waals surface area contributed by atoms with E-state index in [1.165, 1.54) is 11.3 Å². The van der Waals surface area contributed by atoms with Gasteiger partial charge in [0.1, 0.15) is 11.5 Å². The van der Waals surface area contributed by atoms with E-state index in [2.05, 4.69) is 17.1 Å². The first-order valence-electron chi connectivity index (χ1n) is 7.77. The Kier molecular flexibility index (Phi) is 5.00. The lowest BCUT2D eigenvalue weighted by molar-refractivity contribution is -0.130. The first-order chi connectivity index (χ1) is 11.4. The lowest BCUT2D eigenvalue weighted by atomic mass is 10.0. The number of likely N-dealkylation sites (tertiary alicyclic amines) is 1. The van der Waals surface area contributed by atoms with Crippen LogP contribution < -0.4 is 0 Å². The molecule has 0 bridgehead atoms. The number of carbonyl (C=O) groups excluding carboxylic acids is 1. The topological polar surface area (TPSA) is 93.4 Å². The van der Waals surface area contributed by atoms with E-state index >= 15 is 0 Å². The SMILES string of the molecule is C[C@@H]1CCCN(C(=O)CS(=O)(=O)Cc2nc(-c3cccs3)no2)C1. The van der Waals surface area contributed by atoms with Crippen LogP contribution in [0.1, 0.15) is 25.7 Å². The molecule has 130 valence electrons. The van der Waals surface area contributed by atoms with E-state index in [9.17, 15) is 13.2 Å². The maximum atomic E-state index is 12.3. The molecule has 0 aromatic carbocycles. The first kappa shape index (κ1) is 17.1. The minimum absolute atomic E-state index is 0.0122. The summed E-state index contributed by atoms with van der Waals surface area (Å²) in [7, 11) is -3.64. The molecule has 0 unspecified atom stereocenters. The molecule has 0 saturated carbocycles. The molecule has 0 radical (unpaired) electrons. The van der Waals surface area contributed by atoms with Crippen molar-refractivity contribution in [1.29, 1.82) is 0 Å². The van der Waals surface area contributed by atoms with Gasteiger partial charge in [-0.1, -0.05) is 18.1 Å². The molecular formula is C15H19N3O4S2. The van der Waals surface area contributed by atoms with E-state index in [0.29, 0.717) is 24.8 Å². The van der Waals surface area contributed by atoms with E-state index in [0.717, 1.165) is 17.7 Å². The van der Waals surface area contributed by atoms with Crippen LogP contribution in [-0.2, 0) is 20.4 Å². The molecule has 0 aliphatic carbocycles. The van der Waals surface area contributed by atoms with E-state index in [4.69, 9.17) is 4.52 Å². The summed E-state index contributed by atoms with van der Waals surface area (Å²) in [6.45, 7) is 3.32. The third kappa shape index (κ3) is 4.21. The standard InChI is InChI=1S/C15H19N3O4S2/c1-11-4-2-6-18(8-11)14(19)10-24(20,21)9-13-16-15(17-22-13)12-5-3-7-23-12/h3,5,7,11H,2,4,6,8-10H2,1H3/t11-/m1/s1. The summed E-state index contributed by atoms with van der Waals surface area (Å²) < 4.78 is 29.5. The van der Waals surface area contributed by atoms with Gasteiger partial charge in [-0.2, -0.15) is 4.98 Å². The third-order valence-electron chi connectivity index (χ3n) is 3.91. The van der Waals surface area contributed by atoms with Gasteiger partial charge >= 0.3 is 0 Å². The number of hydrogen-bond acceptors (Lipinski definition) is 7. The number of piperidine rings is 1. The predicted octanol–water partition coefficient (Wildman–Crippen LogP) is 1.97. The summed E-state index contributed by atoms with van der Waals surface area (Å²) in [6, 6.07) is 3.68. The fourth-order valence-corrected chi connectivity index (χ4v) is 4.56. The molecule has 2 aromatic rings. The molecule has 24 heavy (non-hydrogen) atoms. The fraction of sp³-hybridized carbons (Fsp3) is 0.533. The van der Waals surface area contributed by atoms with Crippen LogP contribution in [0.3, 0.4) is 0 Å². The quantitative estimate of drug-likeness (QED) is 0.800. The smallest absolute Gasteiger partial charge is 0.242 e. The van der Waals surface area contributed by atoms with Crippen molar-refractivity contribution in [2.24, 2.45) is 5.92 Å². The highest BCUT2D eigenvalue weighted by molar-refractivity contribution is 7.91. The maximum absolute atomic E-state index is 12.3. The minimum Gasteiger partial charge on any atom is -0.342 e. The Hall–Kier alpha value is -1.74. The van der Waals surface area contributed by atoms with Crippen LogP contribution in [0.25, 0.3) is 10.7 Å². The van der Waals surface area contributed by atoms with Gasteiger partial charge in [0.25, 0.3) is 0 Å². The van der Waals surface area contributed by atoms with Crippen LogP contribution in [0.5, 0.6) is 0 Å². The molecule has 2 aromatic heterocycles. The number of carbonyl (C=O) groups is 1. The largest absolute Gasteiger partial charge is 0.342 e. The monoisotopic (exact) mass is 369 g/mol. The van der Waals surface area contributed by atoms with Gasteiger partial charge in [0, 0.05) is 13.1 Å². The number of sulfone groups is 1. The molecule has 1 saturated heterocycles. The Balaban J connectivity index is 1.62. The highest BCUT2D eigenvalue weighted by atomic mass is 32.2. The molecule has 3 rings (SSSR count). The summed E-state index contributed by atoms with van der Waals surface area (Å²) >= 11 is 1.44. The second-order valence-electron chi connectivity index (χ2n) is 6.11. The molecule has 1 aliphatic rings. The molecule has 1 aliphatic heterocycles. The summed E-state index contributed by atoms with van der Waals surface area (Å²) in [6.07, 6.45) is 1.99. The zero-order valence-corrected chi connectivity index (χ0v) is 15.0. The molecule has 0 spiro atoms. The highest BCUT2D eigenvalue weighted by Gasteiger charge is 2.27. The Morgan fingerprint density at radius 2 is 2.33 bits per heavy atom. The van der Waals surface area contributed by atoms with E-state index < -0.39 is 21.3 Å². The summed E-state index contributed by atoms with van der Waals surface area (Å²) in [5, 5.41) is 5.66. The minimum atomic E-state index is -3.64. The van der Waals surface area contributed by atoms with Gasteiger partial charge in [-0.3, -0.25) is 4.79 Å². The average Bonchev–Trinajstić information content (AvgIpc) is 3.17. The van der Waals surface area contributed by atoms with Crippen molar-refractivity contribution in [2.75, 3.05) is 18.8 Å². The Morgan fingerprint density at radius 1 is 1.50 bits per heavy atom. The van der Waals surface area contributed by atoms with Gasteiger partial charge in [0.2, 0.25) is 17.6 Å². The highest BCUT2D eigenvalue weighted by Crippen LogP contribution is 2.22. The van der Waals surface area contributed by atoms with Crippen molar-refractivity contribution in [1.82, 2.24) is 15.0 Å². The lowest BCUT2D eigenvalue weighted by Gasteiger charge is -2.30. The van der Waals surface area contributed by atoms with Crippen LogP contribution in [0, 0.1) is 5.92 Å². The van der Waals surface area contributed by atoms with Crippen LogP contribution in [0.15, 0.2) is 22.0 Å². The van der Waals surface area contributed by atoms with E-state index in [-0.39, 0.29) is 11.8 Å². The van der Waals surface area contributed by atoms with Crippen molar-refractivity contribution >= 4 is 27.1 Å². The number of rotatable bonds is 5. The predicted molar refractivity (Wildman–Crippen MR) is 90.1 cm³/mol. The Labute approximate surface area is 144 Å². The summed E-state index contributed by atoms with van der Waals surface area (Å²) in [5.74, 6) is -0.490. The normalized spacial score (nSPS) is 18.7. The molecule has 1 atom stereocenters. The molecule has 1 fully saturated rings. The molecular weight excluding hydrogens is 350 g/mol. The molecule has 9 heteroatoms. The van der Waals surface area contributed by atoms with Gasteiger partial charge < -0.3 is 9.42 Å². The number of aromatic nitrogens is 2. The van der Waals surface area contributed by atoms with Gasteiger partial charge in [0.05, 0.1) is 4.88 Å². The Morgan fingerprint density at radius 3 is 3.04 bits per heavy atom. The summed E-state index contributed by atoms with van der Waals surface area (Å²) in [4.78, 5) is 18.8. The Bertz CT molecular complexity index is 799. The number of nitrogens with zero attached hydrogens (tertiary/aromatic N) is 3. The maximum Gasteiger partial charge on any atom is 0.242 e. The second-order valence-corrected chi connectivity index (χ2v) is 9.12. The molecule has 3 heterocycles. The van der Waals surface area contributed by atoms with Crippen molar-refractivity contribution in [3.05, 3.63) is 23.4 Å². The van der Waals surface area contributed by atoms with Crippen LogP contribution in [0.4, 0.5) is 0 Å². The molecule has 1 amide bonds. The average molecular weight is 369 g/mol. The molecule has 7 nitrogen and oxygen atoms in total. The number of amides is 1.